The van der Waals surface area contributed by atoms with Gasteiger partial charge in [0.15, 0.2) is 10.8 Å². The van der Waals surface area contributed by atoms with E-state index in [2.05, 4.69) is 32.6 Å². The lowest BCUT2D eigenvalue weighted by molar-refractivity contribution is 0.0952. The van der Waals surface area contributed by atoms with Gasteiger partial charge in [-0.05, 0) is 36.9 Å². The van der Waals surface area contributed by atoms with Crippen molar-refractivity contribution < 1.29 is 4.79 Å². The van der Waals surface area contributed by atoms with Gasteiger partial charge in [0.25, 0.3) is 5.91 Å². The Labute approximate surface area is 175 Å². The number of carbonyl (C=O) groups excluding carboxylic acids is 1. The second kappa shape index (κ2) is 9.60. The Balaban J connectivity index is 1.68. The zero-order valence-electron chi connectivity index (χ0n) is 17.3. The van der Waals surface area contributed by atoms with Gasteiger partial charge in [0, 0.05) is 38.4 Å². The van der Waals surface area contributed by atoms with Gasteiger partial charge in [0.1, 0.15) is 5.82 Å². The van der Waals surface area contributed by atoms with Gasteiger partial charge in [-0.3, -0.25) is 4.79 Å². The molecule has 0 spiro atoms. The summed E-state index contributed by atoms with van der Waals surface area (Å²) in [4.78, 5) is 23.5. The van der Waals surface area contributed by atoms with Crippen LogP contribution in [0.15, 0.2) is 35.6 Å². The van der Waals surface area contributed by atoms with Crippen molar-refractivity contribution in [2.45, 2.75) is 25.0 Å². The summed E-state index contributed by atoms with van der Waals surface area (Å²) in [6, 6.07) is 7.53. The quantitative estimate of drug-likeness (QED) is 0.412. The zero-order valence-corrected chi connectivity index (χ0v) is 18.1. The summed E-state index contributed by atoms with van der Waals surface area (Å²) in [5, 5.41) is 12.3. The summed E-state index contributed by atoms with van der Waals surface area (Å²) in [7, 11) is 3.94. The summed E-state index contributed by atoms with van der Waals surface area (Å²) >= 11 is 1.50. The van der Waals surface area contributed by atoms with Gasteiger partial charge < -0.3 is 15.5 Å². The van der Waals surface area contributed by atoms with Crippen LogP contribution in [0.5, 0.6) is 0 Å². The molecule has 0 aliphatic heterocycles. The highest BCUT2D eigenvalue weighted by Gasteiger charge is 2.13. The number of nitrogens with zero attached hydrogens (tertiary/aromatic N) is 5. The first-order chi connectivity index (χ1) is 14.0. The van der Waals surface area contributed by atoms with Gasteiger partial charge >= 0.3 is 0 Å². The molecule has 0 aliphatic carbocycles. The highest BCUT2D eigenvalue weighted by Crippen LogP contribution is 2.23. The zero-order chi connectivity index (χ0) is 20.8. The molecule has 9 heteroatoms. The molecule has 154 valence electrons. The van der Waals surface area contributed by atoms with Crippen LogP contribution in [-0.4, -0.2) is 59.1 Å². The lowest BCUT2D eigenvalue weighted by Gasteiger charge is -2.12. The Morgan fingerprint density at radius 2 is 1.93 bits per heavy atom. The standard InChI is InChI=1S/C20H27N7OS/c1-5-10-21-17-16-13-23-27(18(16)25-20(24-17)29-4)12-11-22-19(28)14-6-8-15(9-7-14)26(2)3/h6-9,13H,5,10-12H2,1-4H3,(H,22,28)(H,21,24,25). The van der Waals surface area contributed by atoms with Gasteiger partial charge in [-0.1, -0.05) is 18.7 Å². The predicted octanol–water partition coefficient (Wildman–Crippen LogP) is 2.87. The van der Waals surface area contributed by atoms with Crippen molar-refractivity contribution in [1.29, 1.82) is 0 Å². The molecule has 0 unspecified atom stereocenters. The summed E-state index contributed by atoms with van der Waals surface area (Å²) in [5.74, 6) is 0.703. The SMILES string of the molecule is CCCNc1nc(SC)nc2c1cnn2CCNC(=O)c1ccc(N(C)C)cc1. The minimum Gasteiger partial charge on any atom is -0.378 e. The van der Waals surface area contributed by atoms with Crippen LogP contribution < -0.4 is 15.5 Å². The van der Waals surface area contributed by atoms with Crippen molar-refractivity contribution in [3.05, 3.63) is 36.0 Å². The maximum atomic E-state index is 12.4. The van der Waals surface area contributed by atoms with Crippen molar-refractivity contribution in [1.82, 2.24) is 25.1 Å². The first-order valence-electron chi connectivity index (χ1n) is 9.60. The highest BCUT2D eigenvalue weighted by atomic mass is 32.2. The van der Waals surface area contributed by atoms with E-state index >= 15 is 0 Å². The van der Waals surface area contributed by atoms with E-state index < -0.39 is 0 Å². The largest absolute Gasteiger partial charge is 0.378 e. The third-order valence-electron chi connectivity index (χ3n) is 4.46. The second-order valence-electron chi connectivity index (χ2n) is 6.79. The van der Waals surface area contributed by atoms with Gasteiger partial charge in [0.05, 0.1) is 18.1 Å². The van der Waals surface area contributed by atoms with E-state index in [0.29, 0.717) is 23.8 Å². The molecule has 3 rings (SSSR count). The van der Waals surface area contributed by atoms with Crippen molar-refractivity contribution >= 4 is 40.2 Å². The Kier molecular flexibility index (Phi) is 6.92. The first-order valence-corrected chi connectivity index (χ1v) is 10.8. The molecule has 2 heterocycles. The molecule has 3 aromatic rings. The summed E-state index contributed by atoms with van der Waals surface area (Å²) in [6.45, 7) is 3.94. The van der Waals surface area contributed by atoms with Crippen molar-refractivity contribution in [2.75, 3.05) is 43.7 Å². The Morgan fingerprint density at radius 3 is 2.59 bits per heavy atom. The number of amides is 1. The van der Waals surface area contributed by atoms with Crippen molar-refractivity contribution in [2.24, 2.45) is 0 Å². The summed E-state index contributed by atoms with van der Waals surface area (Å²) in [5.41, 5.74) is 2.47. The average molecular weight is 414 g/mol. The summed E-state index contributed by atoms with van der Waals surface area (Å²) < 4.78 is 1.81. The van der Waals surface area contributed by atoms with Crippen molar-refractivity contribution in [3.8, 4) is 0 Å². The molecule has 1 aromatic carbocycles. The van der Waals surface area contributed by atoms with E-state index in [1.165, 1.54) is 11.8 Å². The molecule has 0 atom stereocenters. The molecule has 8 nitrogen and oxygen atoms in total. The molecule has 0 bridgehead atoms. The number of hydrogen-bond donors (Lipinski definition) is 2. The lowest BCUT2D eigenvalue weighted by Crippen LogP contribution is -2.27. The second-order valence-corrected chi connectivity index (χ2v) is 7.56. The number of anilines is 2. The third kappa shape index (κ3) is 4.97. The van der Waals surface area contributed by atoms with E-state index in [1.807, 2.05) is 54.2 Å². The Hall–Kier alpha value is -2.81. The van der Waals surface area contributed by atoms with Crippen LogP contribution in [0.1, 0.15) is 23.7 Å². The fourth-order valence-corrected chi connectivity index (χ4v) is 3.22. The van der Waals surface area contributed by atoms with Gasteiger partial charge in [0.2, 0.25) is 0 Å². The smallest absolute Gasteiger partial charge is 0.251 e. The maximum Gasteiger partial charge on any atom is 0.251 e. The predicted molar refractivity (Wildman–Crippen MR) is 119 cm³/mol. The average Bonchev–Trinajstić information content (AvgIpc) is 3.14. The number of thioether (sulfide) groups is 1. The van der Waals surface area contributed by atoms with Gasteiger partial charge in [-0.25, -0.2) is 14.6 Å². The summed E-state index contributed by atoms with van der Waals surface area (Å²) in [6.07, 6.45) is 4.74. The Bertz CT molecular complexity index is 969. The van der Waals surface area contributed by atoms with E-state index in [-0.39, 0.29) is 5.91 Å². The molecule has 2 aromatic heterocycles. The lowest BCUT2D eigenvalue weighted by atomic mass is 10.2. The fraction of sp³-hybridized carbons (Fsp3) is 0.400. The minimum absolute atomic E-state index is 0.100. The molecule has 0 radical (unpaired) electrons. The fourth-order valence-electron chi connectivity index (χ4n) is 2.86. The molecule has 0 saturated heterocycles. The van der Waals surface area contributed by atoms with E-state index in [4.69, 9.17) is 0 Å². The van der Waals surface area contributed by atoms with Crippen LogP contribution in [0.2, 0.25) is 0 Å². The number of hydrogen-bond acceptors (Lipinski definition) is 7. The van der Waals surface area contributed by atoms with Crippen LogP contribution >= 0.6 is 11.8 Å². The number of carbonyl (C=O) groups is 1. The van der Waals surface area contributed by atoms with Crippen LogP contribution in [0.4, 0.5) is 11.5 Å². The van der Waals surface area contributed by atoms with Gasteiger partial charge in [-0.15, -0.1) is 0 Å². The monoisotopic (exact) mass is 413 g/mol. The number of benzene rings is 1. The third-order valence-corrected chi connectivity index (χ3v) is 5.00. The van der Waals surface area contributed by atoms with E-state index in [1.54, 1.807) is 6.20 Å². The molecule has 29 heavy (non-hydrogen) atoms. The molecule has 2 N–H and O–H groups in total. The number of aromatic nitrogens is 4. The van der Waals surface area contributed by atoms with E-state index in [0.717, 1.165) is 35.5 Å². The van der Waals surface area contributed by atoms with Crippen LogP contribution in [0, 0.1) is 0 Å². The van der Waals surface area contributed by atoms with E-state index in [9.17, 15) is 4.79 Å². The van der Waals surface area contributed by atoms with Crippen molar-refractivity contribution in [3.63, 3.8) is 0 Å². The van der Waals surface area contributed by atoms with Gasteiger partial charge in [-0.2, -0.15) is 5.10 Å². The van der Waals surface area contributed by atoms with Crippen LogP contribution in [0.25, 0.3) is 11.0 Å². The number of nitrogens with one attached hydrogen (secondary N) is 2. The maximum absolute atomic E-state index is 12.4. The molecular weight excluding hydrogens is 386 g/mol. The Morgan fingerprint density at radius 1 is 1.17 bits per heavy atom. The molecular formula is C20H27N7OS. The molecule has 1 amide bonds. The number of fused-ring (bicyclic) bond motifs is 1. The highest BCUT2D eigenvalue weighted by molar-refractivity contribution is 7.98. The van der Waals surface area contributed by atoms with Crippen LogP contribution in [0.3, 0.4) is 0 Å². The first kappa shape index (κ1) is 20.9. The number of rotatable bonds is 9. The van der Waals surface area contributed by atoms with Crippen LogP contribution in [-0.2, 0) is 6.54 Å². The topological polar surface area (TPSA) is 88.0 Å². The molecule has 0 fully saturated rings. The normalized spacial score (nSPS) is 10.9. The molecule has 0 aliphatic rings. The molecule has 0 saturated carbocycles. The minimum atomic E-state index is -0.100.